The molecule has 6 nitrogen and oxygen atoms in total. The van der Waals surface area contributed by atoms with E-state index in [0.29, 0.717) is 18.8 Å². The molecule has 26 heavy (non-hydrogen) atoms. The Labute approximate surface area is 153 Å². The molecule has 1 aliphatic rings. The fraction of sp³-hybridized carbons (Fsp3) is 0.350. The number of carbonyl (C=O) groups is 2. The van der Waals surface area contributed by atoms with Gasteiger partial charge in [0.05, 0.1) is 0 Å². The summed E-state index contributed by atoms with van der Waals surface area (Å²) in [6.45, 7) is 6.96. The van der Waals surface area contributed by atoms with Crippen LogP contribution in [-0.2, 0) is 0 Å². The van der Waals surface area contributed by atoms with E-state index in [0.717, 1.165) is 29.9 Å². The van der Waals surface area contributed by atoms with Crippen LogP contribution in [0.5, 0.6) is 0 Å². The highest BCUT2D eigenvalue weighted by Gasteiger charge is 2.22. The van der Waals surface area contributed by atoms with E-state index in [2.05, 4.69) is 15.2 Å². The van der Waals surface area contributed by atoms with Gasteiger partial charge in [0, 0.05) is 31.9 Å². The molecular weight excluding hydrogens is 328 g/mol. The van der Waals surface area contributed by atoms with E-state index in [9.17, 15) is 9.59 Å². The van der Waals surface area contributed by atoms with E-state index >= 15 is 0 Å². The largest absolute Gasteiger partial charge is 0.335 e. The first-order chi connectivity index (χ1) is 12.4. The topological polar surface area (TPSA) is 65.5 Å². The molecule has 0 spiro atoms. The van der Waals surface area contributed by atoms with Gasteiger partial charge in [0.2, 0.25) is 0 Å². The van der Waals surface area contributed by atoms with Gasteiger partial charge < -0.3 is 15.1 Å². The van der Waals surface area contributed by atoms with E-state index in [4.69, 9.17) is 0 Å². The summed E-state index contributed by atoms with van der Waals surface area (Å²) in [7, 11) is 2.04. The van der Waals surface area contributed by atoms with Crippen LogP contribution in [0.3, 0.4) is 0 Å². The first-order valence-electron chi connectivity index (χ1n) is 8.77. The number of benzene rings is 1. The van der Waals surface area contributed by atoms with Crippen molar-refractivity contribution in [2.45, 2.75) is 13.8 Å². The molecule has 6 heteroatoms. The quantitative estimate of drug-likeness (QED) is 0.921. The molecule has 1 fully saturated rings. The maximum Gasteiger partial charge on any atom is 0.274 e. The fourth-order valence-corrected chi connectivity index (χ4v) is 2.91. The minimum Gasteiger partial charge on any atom is -0.335 e. The number of amides is 2. The van der Waals surface area contributed by atoms with Gasteiger partial charge in [-0.3, -0.25) is 9.59 Å². The Morgan fingerprint density at radius 1 is 1.00 bits per heavy atom. The normalized spacial score (nSPS) is 15.0. The molecule has 2 amide bonds. The molecule has 0 saturated carbocycles. The molecule has 2 heterocycles. The second kappa shape index (κ2) is 7.66. The van der Waals surface area contributed by atoms with Crippen LogP contribution < -0.4 is 5.32 Å². The predicted octanol–water partition coefficient (Wildman–Crippen LogP) is 2.34. The Kier molecular flexibility index (Phi) is 5.32. The van der Waals surface area contributed by atoms with Crippen LogP contribution in [0, 0.1) is 13.8 Å². The van der Waals surface area contributed by atoms with Gasteiger partial charge in [-0.25, -0.2) is 4.98 Å². The van der Waals surface area contributed by atoms with E-state index in [-0.39, 0.29) is 17.5 Å². The Balaban J connectivity index is 1.75. The predicted molar refractivity (Wildman–Crippen MR) is 102 cm³/mol. The fourth-order valence-electron chi connectivity index (χ4n) is 2.91. The molecule has 1 aromatic heterocycles. The number of likely N-dealkylation sites (N-methyl/N-ethyl adjacent to an activating group) is 1. The number of carbonyl (C=O) groups excluding carboxylic acids is 2. The van der Waals surface area contributed by atoms with Gasteiger partial charge >= 0.3 is 0 Å². The third-order valence-electron chi connectivity index (χ3n) is 4.63. The number of nitrogens with one attached hydrogen (secondary N) is 1. The Morgan fingerprint density at radius 2 is 1.69 bits per heavy atom. The highest BCUT2D eigenvalue weighted by molar-refractivity contribution is 6.04. The highest BCUT2D eigenvalue weighted by atomic mass is 16.2. The van der Waals surface area contributed by atoms with Crippen LogP contribution in [0.1, 0.15) is 32.1 Å². The number of hydrogen-bond acceptors (Lipinski definition) is 4. The first-order valence-corrected chi connectivity index (χ1v) is 8.77. The van der Waals surface area contributed by atoms with Gasteiger partial charge in [-0.2, -0.15) is 0 Å². The number of aryl methyl sites for hydroxylation is 2. The van der Waals surface area contributed by atoms with Gasteiger partial charge in [0.25, 0.3) is 11.8 Å². The molecule has 0 bridgehead atoms. The van der Waals surface area contributed by atoms with Crippen molar-refractivity contribution in [1.82, 2.24) is 14.8 Å². The van der Waals surface area contributed by atoms with Gasteiger partial charge in [0.1, 0.15) is 11.4 Å². The molecule has 0 radical (unpaired) electrons. The minimum atomic E-state index is -0.313. The van der Waals surface area contributed by atoms with Gasteiger partial charge in [-0.05, 0) is 50.2 Å². The van der Waals surface area contributed by atoms with Crippen molar-refractivity contribution in [1.29, 1.82) is 0 Å². The summed E-state index contributed by atoms with van der Waals surface area (Å²) in [5, 5.41) is 2.89. The maximum atomic E-state index is 12.7. The lowest BCUT2D eigenvalue weighted by Crippen LogP contribution is -2.47. The number of aromatic nitrogens is 1. The van der Waals surface area contributed by atoms with Gasteiger partial charge in [0.15, 0.2) is 0 Å². The van der Waals surface area contributed by atoms with Crippen molar-refractivity contribution in [3.8, 4) is 0 Å². The average molecular weight is 352 g/mol. The maximum absolute atomic E-state index is 12.7. The van der Waals surface area contributed by atoms with Gasteiger partial charge in [-0.15, -0.1) is 0 Å². The van der Waals surface area contributed by atoms with Crippen LogP contribution in [0.4, 0.5) is 5.69 Å². The van der Waals surface area contributed by atoms with Crippen molar-refractivity contribution >= 4 is 17.5 Å². The smallest absolute Gasteiger partial charge is 0.274 e. The summed E-state index contributed by atoms with van der Waals surface area (Å²) in [5.41, 5.74) is 3.35. The molecule has 0 unspecified atom stereocenters. The van der Waals surface area contributed by atoms with E-state index < -0.39 is 0 Å². The molecule has 3 rings (SSSR count). The summed E-state index contributed by atoms with van der Waals surface area (Å²) < 4.78 is 0. The number of rotatable bonds is 3. The van der Waals surface area contributed by atoms with Crippen LogP contribution >= 0.6 is 0 Å². The number of pyridine rings is 1. The second-order valence-electron chi connectivity index (χ2n) is 6.78. The Bertz CT molecular complexity index is 826. The average Bonchev–Trinajstić information content (AvgIpc) is 2.65. The summed E-state index contributed by atoms with van der Waals surface area (Å²) in [4.78, 5) is 33.5. The third-order valence-corrected chi connectivity index (χ3v) is 4.63. The van der Waals surface area contributed by atoms with Crippen LogP contribution in [0.2, 0.25) is 0 Å². The minimum absolute atomic E-state index is 0.125. The Hall–Kier alpha value is -2.73. The number of hydrogen-bond donors (Lipinski definition) is 1. The summed E-state index contributed by atoms with van der Waals surface area (Å²) in [6.07, 6.45) is 0. The van der Waals surface area contributed by atoms with E-state index in [1.165, 1.54) is 0 Å². The molecule has 1 N–H and O–H groups in total. The molecule has 1 aromatic carbocycles. The number of piperazine rings is 1. The highest BCUT2D eigenvalue weighted by Crippen LogP contribution is 2.17. The third kappa shape index (κ3) is 4.08. The molecule has 0 atom stereocenters. The lowest BCUT2D eigenvalue weighted by molar-refractivity contribution is 0.0658. The lowest BCUT2D eigenvalue weighted by Gasteiger charge is -2.32. The van der Waals surface area contributed by atoms with Crippen molar-refractivity contribution < 1.29 is 9.59 Å². The van der Waals surface area contributed by atoms with Gasteiger partial charge in [-0.1, -0.05) is 18.2 Å². The SMILES string of the molecule is Cc1ccc(C)c(NC(=O)c2cccc(C(=O)N3CCN(C)CC3)n2)c1. The summed E-state index contributed by atoms with van der Waals surface area (Å²) >= 11 is 0. The Morgan fingerprint density at radius 3 is 2.42 bits per heavy atom. The van der Waals surface area contributed by atoms with Crippen molar-refractivity contribution in [2.24, 2.45) is 0 Å². The van der Waals surface area contributed by atoms with E-state index in [1.54, 1.807) is 23.1 Å². The zero-order valence-electron chi connectivity index (χ0n) is 15.5. The standard InChI is InChI=1S/C20H24N4O2/c1-14-7-8-15(2)18(13-14)22-19(25)16-5-4-6-17(21-16)20(26)24-11-9-23(3)10-12-24/h4-8,13H,9-12H2,1-3H3,(H,22,25). The van der Waals surface area contributed by atoms with Crippen LogP contribution in [0.25, 0.3) is 0 Å². The monoisotopic (exact) mass is 352 g/mol. The first kappa shape index (κ1) is 18.1. The van der Waals surface area contributed by atoms with Crippen molar-refractivity contribution in [2.75, 3.05) is 38.5 Å². The molecule has 2 aromatic rings. The van der Waals surface area contributed by atoms with Crippen molar-refractivity contribution in [3.05, 3.63) is 58.9 Å². The van der Waals surface area contributed by atoms with E-state index in [1.807, 2.05) is 39.1 Å². The number of anilines is 1. The summed E-state index contributed by atoms with van der Waals surface area (Å²) in [5.74, 6) is -0.439. The second-order valence-corrected chi connectivity index (χ2v) is 6.78. The molecule has 136 valence electrons. The molecule has 0 aliphatic carbocycles. The van der Waals surface area contributed by atoms with Crippen molar-refractivity contribution in [3.63, 3.8) is 0 Å². The summed E-state index contributed by atoms with van der Waals surface area (Å²) in [6, 6.07) is 10.9. The molecule has 1 aliphatic heterocycles. The zero-order chi connectivity index (χ0) is 18.7. The zero-order valence-corrected chi connectivity index (χ0v) is 15.5. The lowest BCUT2D eigenvalue weighted by atomic mass is 10.1. The molecule has 1 saturated heterocycles. The molecular formula is C20H24N4O2. The van der Waals surface area contributed by atoms with Crippen LogP contribution in [-0.4, -0.2) is 59.8 Å². The number of nitrogens with zero attached hydrogens (tertiary/aromatic N) is 3. The van der Waals surface area contributed by atoms with Crippen LogP contribution in [0.15, 0.2) is 36.4 Å².